The summed E-state index contributed by atoms with van der Waals surface area (Å²) in [5.74, 6) is -1.38. The average molecular weight is 421 g/mol. The molecule has 1 aromatic carbocycles. The van der Waals surface area contributed by atoms with Crippen molar-refractivity contribution in [1.29, 1.82) is 0 Å². The molecule has 0 aromatic heterocycles. The van der Waals surface area contributed by atoms with Crippen LogP contribution in [0.5, 0.6) is 5.75 Å². The Morgan fingerprint density at radius 2 is 2.00 bits per heavy atom. The second kappa shape index (κ2) is 10.1. The van der Waals surface area contributed by atoms with Crippen LogP contribution < -0.4 is 9.97 Å². The fourth-order valence-electron chi connectivity index (χ4n) is 2.79. The maximum absolute atomic E-state index is 12.0. The molecule has 0 aliphatic carbocycles. The van der Waals surface area contributed by atoms with Gasteiger partial charge < -0.3 is 34.4 Å². The first-order chi connectivity index (χ1) is 14.0. The van der Waals surface area contributed by atoms with Crippen LogP contribution in [0.4, 0.5) is 0 Å². The van der Waals surface area contributed by atoms with E-state index in [1.165, 1.54) is 6.92 Å². The van der Waals surface area contributed by atoms with E-state index in [4.69, 9.17) is 14.1 Å². The lowest BCUT2D eigenvalue weighted by Gasteiger charge is -2.30. The number of para-hydroxylation sites is 1. The smallest absolute Gasteiger partial charge is 0.534 e. The van der Waals surface area contributed by atoms with Crippen LogP contribution in [-0.2, 0) is 30.3 Å². The van der Waals surface area contributed by atoms with Crippen molar-refractivity contribution in [2.24, 2.45) is 5.41 Å². The zero-order valence-corrected chi connectivity index (χ0v) is 17.6. The molecule has 9 nitrogen and oxygen atoms in total. The van der Waals surface area contributed by atoms with E-state index in [0.29, 0.717) is 5.56 Å². The molecule has 0 bridgehead atoms. The monoisotopic (exact) mass is 421 g/mol. The lowest BCUT2D eigenvalue weighted by atomic mass is 9.72. The average Bonchev–Trinajstić information content (AvgIpc) is 2.65. The number of nitrogens with one attached hydrogen (secondary N) is 1. The Hall–Kier alpha value is -2.43. The summed E-state index contributed by atoms with van der Waals surface area (Å²) in [6.07, 6.45) is -1.02. The number of esters is 1. The molecule has 0 saturated heterocycles. The second-order valence-corrected chi connectivity index (χ2v) is 8.24. The highest BCUT2D eigenvalue weighted by atomic mass is 16.7. The van der Waals surface area contributed by atoms with Gasteiger partial charge in [0.2, 0.25) is 5.91 Å². The van der Waals surface area contributed by atoms with Crippen LogP contribution in [0.15, 0.2) is 18.2 Å². The fraction of sp³-hybridized carbons (Fsp3) is 0.550. The van der Waals surface area contributed by atoms with Gasteiger partial charge in [-0.1, -0.05) is 18.2 Å². The van der Waals surface area contributed by atoms with E-state index < -0.39 is 37.5 Å². The Kier molecular flexibility index (Phi) is 7.99. The first kappa shape index (κ1) is 23.9. The Morgan fingerprint density at radius 1 is 1.30 bits per heavy atom. The van der Waals surface area contributed by atoms with E-state index in [1.54, 1.807) is 39.0 Å². The summed E-state index contributed by atoms with van der Waals surface area (Å²) < 4.78 is 15.7. The van der Waals surface area contributed by atoms with Gasteiger partial charge in [0.25, 0.3) is 0 Å². The number of hydrogen-bond acceptors (Lipinski definition) is 8. The number of carbonyl (C=O) groups is 3. The molecule has 0 fully saturated rings. The maximum atomic E-state index is 12.0. The molecule has 3 N–H and O–H groups in total. The van der Waals surface area contributed by atoms with Gasteiger partial charge in [-0.3, -0.25) is 9.59 Å². The number of aliphatic hydroxyl groups is 1. The van der Waals surface area contributed by atoms with Gasteiger partial charge in [-0.15, -0.1) is 0 Å². The molecule has 10 heteroatoms. The zero-order valence-electron chi connectivity index (χ0n) is 17.6. The summed E-state index contributed by atoms with van der Waals surface area (Å²) in [6.45, 7) is 6.05. The summed E-state index contributed by atoms with van der Waals surface area (Å²) in [5.41, 5.74) is 0.223. The quantitative estimate of drug-likeness (QED) is 0.323. The normalized spacial score (nSPS) is 16.9. The van der Waals surface area contributed by atoms with Crippen molar-refractivity contribution in [3.63, 3.8) is 0 Å². The van der Waals surface area contributed by atoms with Gasteiger partial charge in [0.15, 0.2) is 13.1 Å². The highest BCUT2D eigenvalue weighted by Gasteiger charge is 2.37. The highest BCUT2D eigenvalue weighted by Crippen LogP contribution is 2.34. The largest absolute Gasteiger partial charge is 0.547 e. The van der Waals surface area contributed by atoms with E-state index >= 15 is 0 Å². The van der Waals surface area contributed by atoms with E-state index in [0.717, 1.165) is 0 Å². The number of hydrogen-bond donors (Lipinski definition) is 3. The van der Waals surface area contributed by atoms with Gasteiger partial charge in [-0.2, -0.15) is 0 Å². The van der Waals surface area contributed by atoms with Crippen molar-refractivity contribution in [3.05, 3.63) is 29.3 Å². The maximum Gasteiger partial charge on any atom is 0.547 e. The van der Waals surface area contributed by atoms with Crippen molar-refractivity contribution in [1.82, 2.24) is 5.32 Å². The third-order valence-electron chi connectivity index (χ3n) is 4.49. The van der Waals surface area contributed by atoms with Crippen molar-refractivity contribution in [2.45, 2.75) is 59.2 Å². The van der Waals surface area contributed by atoms with E-state index in [9.17, 15) is 24.5 Å². The number of amides is 1. The van der Waals surface area contributed by atoms with Gasteiger partial charge in [-0.05, 0) is 39.7 Å². The van der Waals surface area contributed by atoms with Gasteiger partial charge in [0.1, 0.15) is 11.5 Å². The number of rotatable bonds is 8. The van der Waals surface area contributed by atoms with Crippen LogP contribution in [0, 0.1) is 5.41 Å². The first-order valence-corrected chi connectivity index (χ1v) is 9.71. The Bertz CT molecular complexity index is 792. The summed E-state index contributed by atoms with van der Waals surface area (Å²) in [6, 6.07) is 4.98. The van der Waals surface area contributed by atoms with E-state index in [1.807, 2.05) is 0 Å². The van der Waals surface area contributed by atoms with Gasteiger partial charge in [-0.25, -0.2) is 0 Å². The molecule has 1 aliphatic rings. The molecular weight excluding hydrogens is 393 g/mol. The van der Waals surface area contributed by atoms with E-state index in [2.05, 4.69) is 5.32 Å². The number of benzene rings is 1. The third-order valence-corrected chi connectivity index (χ3v) is 4.49. The number of ether oxygens (including phenoxy) is 2. The topological polar surface area (TPSA) is 131 Å². The van der Waals surface area contributed by atoms with Crippen LogP contribution in [0.1, 0.15) is 58.0 Å². The molecule has 1 heterocycles. The van der Waals surface area contributed by atoms with Crippen LogP contribution in [0.3, 0.4) is 0 Å². The van der Waals surface area contributed by atoms with Crippen LogP contribution >= 0.6 is 0 Å². The lowest BCUT2D eigenvalue weighted by molar-refractivity contribution is -0.193. The SMILES string of the molecule is CC(=O)CCC(=O)N[C@H]1Cc2cccc(C(O)OCOC(=O)C(C)(C)C)c2OB1O. The summed E-state index contributed by atoms with van der Waals surface area (Å²) in [5, 5.41) is 23.3. The number of Topliss-reactive ketones (excluding diaryl/α,β-unsaturated/α-hetero) is 1. The van der Waals surface area contributed by atoms with Crippen molar-refractivity contribution in [3.8, 4) is 5.75 Å². The van der Waals surface area contributed by atoms with Crippen molar-refractivity contribution in [2.75, 3.05) is 6.79 Å². The van der Waals surface area contributed by atoms with Crippen LogP contribution in [0.25, 0.3) is 0 Å². The van der Waals surface area contributed by atoms with Crippen LogP contribution in [-0.4, -0.2) is 47.6 Å². The Balaban J connectivity index is 2.00. The summed E-state index contributed by atoms with van der Waals surface area (Å²) in [7, 11) is -1.34. The predicted octanol–water partition coefficient (Wildman–Crippen LogP) is 1.05. The van der Waals surface area contributed by atoms with Crippen LogP contribution in [0.2, 0.25) is 0 Å². The molecule has 164 valence electrons. The molecule has 1 aromatic rings. The number of aliphatic hydroxyl groups excluding tert-OH is 1. The minimum Gasteiger partial charge on any atom is -0.534 e. The standard InChI is InChI=1S/C20H28BNO8/c1-12(23)8-9-16(24)22-15-10-13-6-5-7-14(17(13)30-21(15)27)18(25)28-11-29-19(26)20(2,3)4/h5-7,15,18,25,27H,8-11H2,1-4H3,(H,22,24)/t15-,18?/m0/s1. The number of carbonyl (C=O) groups excluding carboxylic acids is 3. The number of fused-ring (bicyclic) bond motifs is 1. The molecule has 0 radical (unpaired) electrons. The van der Waals surface area contributed by atoms with Crippen molar-refractivity contribution >= 4 is 24.8 Å². The Labute approximate surface area is 175 Å². The number of ketones is 1. The van der Waals surface area contributed by atoms with Crippen molar-refractivity contribution < 1.29 is 38.6 Å². The minimum atomic E-state index is -1.44. The molecule has 30 heavy (non-hydrogen) atoms. The van der Waals surface area contributed by atoms with Gasteiger partial charge >= 0.3 is 13.1 Å². The minimum absolute atomic E-state index is 0.0330. The Morgan fingerprint density at radius 3 is 2.63 bits per heavy atom. The summed E-state index contributed by atoms with van der Waals surface area (Å²) >= 11 is 0. The highest BCUT2D eigenvalue weighted by molar-refractivity contribution is 6.46. The first-order valence-electron chi connectivity index (χ1n) is 9.71. The fourth-order valence-corrected chi connectivity index (χ4v) is 2.79. The third kappa shape index (κ3) is 6.55. The molecular formula is C20H28BNO8. The summed E-state index contributed by atoms with van der Waals surface area (Å²) in [4.78, 5) is 34.7. The molecule has 1 unspecified atom stereocenters. The predicted molar refractivity (Wildman–Crippen MR) is 107 cm³/mol. The molecule has 2 atom stereocenters. The molecule has 0 spiro atoms. The second-order valence-electron chi connectivity index (χ2n) is 8.24. The van der Waals surface area contributed by atoms with Gasteiger partial charge in [0, 0.05) is 18.4 Å². The molecule has 1 amide bonds. The zero-order chi connectivity index (χ0) is 22.5. The van der Waals surface area contributed by atoms with Gasteiger partial charge in [0.05, 0.1) is 11.4 Å². The van der Waals surface area contributed by atoms with E-state index in [-0.39, 0.29) is 42.3 Å². The lowest BCUT2D eigenvalue weighted by Crippen LogP contribution is -2.53. The molecule has 1 aliphatic heterocycles. The molecule has 2 rings (SSSR count). The molecule has 0 saturated carbocycles.